The summed E-state index contributed by atoms with van der Waals surface area (Å²) in [6.07, 6.45) is 3.32. The van der Waals surface area contributed by atoms with E-state index in [2.05, 4.69) is 29.4 Å². The van der Waals surface area contributed by atoms with E-state index in [1.54, 1.807) is 0 Å². The lowest BCUT2D eigenvalue weighted by atomic mass is 10.0. The van der Waals surface area contributed by atoms with Gasteiger partial charge in [0.1, 0.15) is 0 Å². The number of urea groups is 1. The van der Waals surface area contributed by atoms with Crippen LogP contribution in [0.4, 0.5) is 4.79 Å². The Morgan fingerprint density at radius 1 is 1.31 bits per heavy atom. The lowest BCUT2D eigenvalue weighted by molar-refractivity contribution is 0.0166. The van der Waals surface area contributed by atoms with E-state index < -0.39 is 0 Å². The number of likely N-dealkylation sites (N-methyl/N-ethyl adjacent to an activating group) is 1. The van der Waals surface area contributed by atoms with Crippen LogP contribution in [-0.4, -0.2) is 75.0 Å². The topological polar surface area (TPSA) is 54.0 Å². The second-order valence-electron chi connectivity index (χ2n) is 7.18. The summed E-state index contributed by atoms with van der Waals surface area (Å²) in [7, 11) is 2.11. The summed E-state index contributed by atoms with van der Waals surface area (Å²) < 4.78 is 11.2. The van der Waals surface area contributed by atoms with Crippen LogP contribution in [0.15, 0.2) is 30.3 Å². The number of piperazine rings is 1. The van der Waals surface area contributed by atoms with Crippen molar-refractivity contribution in [2.24, 2.45) is 0 Å². The van der Waals surface area contributed by atoms with Gasteiger partial charge in [-0.2, -0.15) is 0 Å². The number of nitrogens with zero attached hydrogens (tertiary/aromatic N) is 2. The monoisotopic (exact) mass is 361 g/mol. The molecule has 1 aromatic carbocycles. The molecule has 0 aliphatic carbocycles. The van der Waals surface area contributed by atoms with E-state index in [0.717, 1.165) is 45.5 Å². The van der Waals surface area contributed by atoms with Gasteiger partial charge in [0.2, 0.25) is 0 Å². The first-order chi connectivity index (χ1) is 12.7. The number of ether oxygens (including phenoxy) is 2. The normalized spacial score (nSPS) is 24.0. The van der Waals surface area contributed by atoms with Gasteiger partial charge in [0.15, 0.2) is 0 Å². The van der Waals surface area contributed by atoms with Crippen LogP contribution < -0.4 is 5.32 Å². The molecule has 1 aromatic rings. The molecule has 1 N–H and O–H groups in total. The predicted molar refractivity (Wildman–Crippen MR) is 101 cm³/mol. The van der Waals surface area contributed by atoms with Crippen LogP contribution in [0.2, 0.25) is 0 Å². The third-order valence-electron chi connectivity index (χ3n) is 5.10. The Morgan fingerprint density at radius 3 is 2.92 bits per heavy atom. The van der Waals surface area contributed by atoms with Crippen molar-refractivity contribution >= 4 is 6.03 Å². The van der Waals surface area contributed by atoms with E-state index in [-0.39, 0.29) is 18.2 Å². The third-order valence-corrected chi connectivity index (χ3v) is 5.10. The number of rotatable bonds is 7. The standard InChI is InChI=1S/C20H31N3O3/c1-22-11-12-23(19(15-22)17-7-3-2-4-8-17)20(24)21-10-6-13-25-16-18-9-5-14-26-18/h2-4,7-8,18-19H,5-6,9-16H2,1H3,(H,21,24). The van der Waals surface area contributed by atoms with Gasteiger partial charge in [-0.15, -0.1) is 0 Å². The number of hydrogen-bond donors (Lipinski definition) is 1. The van der Waals surface area contributed by atoms with Gasteiger partial charge in [-0.3, -0.25) is 0 Å². The lowest BCUT2D eigenvalue weighted by Gasteiger charge is -2.40. The highest BCUT2D eigenvalue weighted by Crippen LogP contribution is 2.24. The Balaban J connectivity index is 1.40. The fourth-order valence-corrected chi connectivity index (χ4v) is 3.58. The van der Waals surface area contributed by atoms with Crippen LogP contribution in [0, 0.1) is 0 Å². The molecule has 26 heavy (non-hydrogen) atoms. The number of benzene rings is 1. The number of carbonyl (C=O) groups is 1. The maximum Gasteiger partial charge on any atom is 0.318 e. The van der Waals surface area contributed by atoms with Crippen LogP contribution >= 0.6 is 0 Å². The summed E-state index contributed by atoms with van der Waals surface area (Å²) in [6, 6.07) is 10.4. The molecular weight excluding hydrogens is 330 g/mol. The van der Waals surface area contributed by atoms with Crippen molar-refractivity contribution in [3.8, 4) is 0 Å². The molecule has 0 aromatic heterocycles. The number of amides is 2. The van der Waals surface area contributed by atoms with Crippen molar-refractivity contribution in [2.75, 3.05) is 53.0 Å². The number of carbonyl (C=O) groups excluding carboxylic acids is 1. The molecule has 2 unspecified atom stereocenters. The SMILES string of the molecule is CN1CCN(C(=O)NCCCOCC2CCCO2)C(c2ccccc2)C1. The van der Waals surface area contributed by atoms with Crippen molar-refractivity contribution < 1.29 is 14.3 Å². The summed E-state index contributed by atoms with van der Waals surface area (Å²) in [5.74, 6) is 0. The fraction of sp³-hybridized carbons (Fsp3) is 0.650. The Kier molecular flexibility index (Phi) is 7.29. The first-order valence-electron chi connectivity index (χ1n) is 9.71. The Morgan fingerprint density at radius 2 is 2.15 bits per heavy atom. The van der Waals surface area contributed by atoms with Crippen molar-refractivity contribution in [1.82, 2.24) is 15.1 Å². The molecule has 0 radical (unpaired) electrons. The van der Waals surface area contributed by atoms with Crippen molar-refractivity contribution in [2.45, 2.75) is 31.4 Å². The largest absolute Gasteiger partial charge is 0.379 e. The fourth-order valence-electron chi connectivity index (χ4n) is 3.58. The van der Waals surface area contributed by atoms with Gasteiger partial charge in [0, 0.05) is 39.4 Å². The minimum Gasteiger partial charge on any atom is -0.379 e. The molecule has 2 aliphatic heterocycles. The molecule has 2 saturated heterocycles. The van der Waals surface area contributed by atoms with Gasteiger partial charge in [-0.1, -0.05) is 30.3 Å². The second-order valence-corrected chi connectivity index (χ2v) is 7.18. The second kappa shape index (κ2) is 9.90. The zero-order chi connectivity index (χ0) is 18.2. The van der Waals surface area contributed by atoms with Gasteiger partial charge in [0.25, 0.3) is 0 Å². The smallest absolute Gasteiger partial charge is 0.318 e. The molecular formula is C20H31N3O3. The Bertz CT molecular complexity index is 548. The van der Waals surface area contributed by atoms with E-state index in [4.69, 9.17) is 9.47 Å². The van der Waals surface area contributed by atoms with E-state index >= 15 is 0 Å². The summed E-state index contributed by atoms with van der Waals surface area (Å²) in [6.45, 7) is 5.34. The first-order valence-corrected chi connectivity index (χ1v) is 9.71. The van der Waals surface area contributed by atoms with E-state index in [0.29, 0.717) is 19.8 Å². The van der Waals surface area contributed by atoms with E-state index in [1.807, 2.05) is 23.1 Å². The van der Waals surface area contributed by atoms with E-state index in [1.165, 1.54) is 5.56 Å². The molecule has 2 fully saturated rings. The highest BCUT2D eigenvalue weighted by atomic mass is 16.5. The van der Waals surface area contributed by atoms with Crippen LogP contribution in [0.25, 0.3) is 0 Å². The molecule has 3 rings (SSSR count). The van der Waals surface area contributed by atoms with Crippen LogP contribution in [-0.2, 0) is 9.47 Å². The highest BCUT2D eigenvalue weighted by Gasteiger charge is 2.29. The first kappa shape index (κ1) is 19.1. The number of nitrogens with one attached hydrogen (secondary N) is 1. The quantitative estimate of drug-likeness (QED) is 0.757. The van der Waals surface area contributed by atoms with Gasteiger partial charge in [-0.05, 0) is 31.9 Å². The highest BCUT2D eigenvalue weighted by molar-refractivity contribution is 5.75. The molecule has 0 spiro atoms. The molecule has 6 nitrogen and oxygen atoms in total. The minimum absolute atomic E-state index is 0.0195. The Hall–Kier alpha value is -1.63. The summed E-state index contributed by atoms with van der Waals surface area (Å²) in [5.41, 5.74) is 1.19. The molecule has 0 saturated carbocycles. The molecule has 144 valence electrons. The van der Waals surface area contributed by atoms with Crippen molar-refractivity contribution in [3.05, 3.63) is 35.9 Å². The average molecular weight is 361 g/mol. The molecule has 2 atom stereocenters. The van der Waals surface area contributed by atoms with Gasteiger partial charge >= 0.3 is 6.03 Å². The molecule has 2 aliphatic rings. The summed E-state index contributed by atoms with van der Waals surface area (Å²) in [5, 5.41) is 3.05. The van der Waals surface area contributed by atoms with Crippen LogP contribution in [0.1, 0.15) is 30.9 Å². The van der Waals surface area contributed by atoms with Gasteiger partial charge in [0.05, 0.1) is 18.8 Å². The van der Waals surface area contributed by atoms with Crippen molar-refractivity contribution in [3.63, 3.8) is 0 Å². The number of hydrogen-bond acceptors (Lipinski definition) is 4. The molecule has 6 heteroatoms. The average Bonchev–Trinajstić information content (AvgIpc) is 3.18. The van der Waals surface area contributed by atoms with Crippen molar-refractivity contribution in [1.29, 1.82) is 0 Å². The maximum absolute atomic E-state index is 12.7. The molecule has 0 bridgehead atoms. The van der Waals surface area contributed by atoms with Crippen LogP contribution in [0.3, 0.4) is 0 Å². The molecule has 2 heterocycles. The summed E-state index contributed by atoms with van der Waals surface area (Å²) in [4.78, 5) is 16.9. The summed E-state index contributed by atoms with van der Waals surface area (Å²) >= 11 is 0. The zero-order valence-electron chi connectivity index (χ0n) is 15.7. The van der Waals surface area contributed by atoms with Gasteiger partial charge < -0.3 is 24.6 Å². The Labute approximate surface area is 156 Å². The third kappa shape index (κ3) is 5.43. The predicted octanol–water partition coefficient (Wildman–Crippen LogP) is 2.27. The van der Waals surface area contributed by atoms with Gasteiger partial charge in [-0.25, -0.2) is 4.79 Å². The molecule has 2 amide bonds. The minimum atomic E-state index is 0.0195. The zero-order valence-corrected chi connectivity index (χ0v) is 15.7. The van der Waals surface area contributed by atoms with E-state index in [9.17, 15) is 4.79 Å². The maximum atomic E-state index is 12.7. The van der Waals surface area contributed by atoms with Crippen LogP contribution in [0.5, 0.6) is 0 Å². The lowest BCUT2D eigenvalue weighted by Crippen LogP contribution is -2.52.